The van der Waals surface area contributed by atoms with E-state index < -0.39 is 6.10 Å². The summed E-state index contributed by atoms with van der Waals surface area (Å²) < 4.78 is 2.70. The highest BCUT2D eigenvalue weighted by Crippen LogP contribution is 2.37. The molecular formula is C15H18BrClN2O. The van der Waals surface area contributed by atoms with Crippen molar-refractivity contribution in [2.24, 2.45) is 5.92 Å². The van der Waals surface area contributed by atoms with E-state index in [1.54, 1.807) is 12.5 Å². The fourth-order valence-electron chi connectivity index (χ4n) is 3.19. The number of rotatable bonds is 3. The topological polar surface area (TPSA) is 37.5 Å². The van der Waals surface area contributed by atoms with Crippen LogP contribution in [0.25, 0.3) is 5.52 Å². The van der Waals surface area contributed by atoms with Gasteiger partial charge in [-0.25, -0.2) is 4.98 Å². The van der Waals surface area contributed by atoms with Gasteiger partial charge in [0, 0.05) is 4.47 Å². The first-order valence-corrected chi connectivity index (χ1v) is 8.32. The number of hydrogen-bond donors (Lipinski definition) is 1. The van der Waals surface area contributed by atoms with Gasteiger partial charge in [0.05, 0.1) is 34.9 Å². The average Bonchev–Trinajstić information content (AvgIpc) is 2.88. The van der Waals surface area contributed by atoms with Gasteiger partial charge in [0.1, 0.15) is 0 Å². The molecule has 2 heterocycles. The molecule has 1 aliphatic rings. The minimum absolute atomic E-state index is 0.542. The van der Waals surface area contributed by atoms with Crippen LogP contribution in [-0.4, -0.2) is 14.5 Å². The van der Waals surface area contributed by atoms with Crippen molar-refractivity contribution in [1.29, 1.82) is 0 Å². The van der Waals surface area contributed by atoms with Crippen LogP contribution in [0.2, 0.25) is 5.02 Å². The molecule has 0 bridgehead atoms. The number of hydrogen-bond acceptors (Lipinski definition) is 2. The van der Waals surface area contributed by atoms with Gasteiger partial charge in [0.15, 0.2) is 0 Å². The van der Waals surface area contributed by atoms with Crippen molar-refractivity contribution in [3.8, 4) is 0 Å². The number of aliphatic hydroxyl groups excluding tert-OH is 1. The molecule has 1 N–H and O–H groups in total. The molecule has 0 spiro atoms. The Kier molecular flexibility index (Phi) is 4.34. The van der Waals surface area contributed by atoms with E-state index in [4.69, 9.17) is 11.6 Å². The van der Waals surface area contributed by atoms with Gasteiger partial charge < -0.3 is 5.11 Å². The second-order valence-electron chi connectivity index (χ2n) is 5.64. The molecule has 1 saturated carbocycles. The zero-order chi connectivity index (χ0) is 14.1. The summed E-state index contributed by atoms with van der Waals surface area (Å²) in [6, 6.07) is 1.92. The molecule has 20 heavy (non-hydrogen) atoms. The number of aromatic nitrogens is 2. The van der Waals surface area contributed by atoms with Gasteiger partial charge in [0.2, 0.25) is 0 Å². The lowest BCUT2D eigenvalue weighted by molar-refractivity contribution is 0.126. The van der Waals surface area contributed by atoms with E-state index in [1.165, 1.54) is 32.1 Å². The van der Waals surface area contributed by atoms with Crippen LogP contribution < -0.4 is 0 Å². The predicted molar refractivity (Wildman–Crippen MR) is 84.1 cm³/mol. The summed E-state index contributed by atoms with van der Waals surface area (Å²) >= 11 is 9.85. The van der Waals surface area contributed by atoms with E-state index in [9.17, 15) is 5.11 Å². The van der Waals surface area contributed by atoms with Gasteiger partial charge >= 0.3 is 0 Å². The smallest absolute Gasteiger partial charge is 0.0995 e. The van der Waals surface area contributed by atoms with Crippen molar-refractivity contribution in [1.82, 2.24) is 9.38 Å². The average molecular weight is 358 g/mol. The van der Waals surface area contributed by atoms with Crippen LogP contribution >= 0.6 is 27.5 Å². The van der Waals surface area contributed by atoms with Gasteiger partial charge in [0.25, 0.3) is 0 Å². The molecule has 1 fully saturated rings. The Morgan fingerprint density at radius 1 is 1.40 bits per heavy atom. The fraction of sp³-hybridized carbons (Fsp3) is 0.533. The number of halogens is 2. The van der Waals surface area contributed by atoms with Crippen LogP contribution in [0.5, 0.6) is 0 Å². The first-order chi connectivity index (χ1) is 9.66. The van der Waals surface area contributed by atoms with E-state index in [0.29, 0.717) is 10.9 Å². The molecule has 5 heteroatoms. The third-order valence-electron chi connectivity index (χ3n) is 4.23. The molecule has 0 saturated heterocycles. The van der Waals surface area contributed by atoms with E-state index >= 15 is 0 Å². The van der Waals surface area contributed by atoms with E-state index in [-0.39, 0.29) is 0 Å². The van der Waals surface area contributed by atoms with Crippen LogP contribution in [-0.2, 0) is 0 Å². The number of pyridine rings is 1. The minimum atomic E-state index is -0.542. The highest BCUT2D eigenvalue weighted by atomic mass is 79.9. The third kappa shape index (κ3) is 2.74. The van der Waals surface area contributed by atoms with E-state index in [2.05, 4.69) is 20.9 Å². The van der Waals surface area contributed by atoms with E-state index in [1.807, 2.05) is 10.5 Å². The SMILES string of the molecule is OC(CC1CCCCC1)c1c(Cl)c(Br)cc2cncn12. The van der Waals surface area contributed by atoms with Gasteiger partial charge in [-0.15, -0.1) is 0 Å². The van der Waals surface area contributed by atoms with Crippen LogP contribution in [0, 0.1) is 5.92 Å². The summed E-state index contributed by atoms with van der Waals surface area (Å²) in [4.78, 5) is 4.15. The zero-order valence-electron chi connectivity index (χ0n) is 11.2. The minimum Gasteiger partial charge on any atom is -0.387 e. The molecule has 1 aliphatic carbocycles. The summed E-state index contributed by atoms with van der Waals surface area (Å²) in [6.07, 6.45) is 10.1. The van der Waals surface area contributed by atoms with Crippen LogP contribution in [0.3, 0.4) is 0 Å². The zero-order valence-corrected chi connectivity index (χ0v) is 13.6. The quantitative estimate of drug-likeness (QED) is 0.860. The maximum Gasteiger partial charge on any atom is 0.0995 e. The number of nitrogens with zero attached hydrogens (tertiary/aromatic N) is 2. The Hall–Kier alpha value is -0.580. The lowest BCUT2D eigenvalue weighted by Crippen LogP contribution is -2.13. The Morgan fingerprint density at radius 3 is 2.90 bits per heavy atom. The molecule has 0 aromatic carbocycles. The molecule has 2 aromatic heterocycles. The number of fused-ring (bicyclic) bond motifs is 1. The lowest BCUT2D eigenvalue weighted by atomic mass is 9.85. The van der Waals surface area contributed by atoms with Gasteiger partial charge in [-0.3, -0.25) is 4.40 Å². The van der Waals surface area contributed by atoms with Crippen LogP contribution in [0.1, 0.15) is 50.3 Å². The summed E-state index contributed by atoms with van der Waals surface area (Å²) in [5, 5.41) is 11.2. The van der Waals surface area contributed by atoms with Gasteiger partial charge in [-0.05, 0) is 34.3 Å². The monoisotopic (exact) mass is 356 g/mol. The standard InChI is InChI=1S/C15H18BrClN2O/c16-12-7-11-8-18-9-19(11)15(14(12)17)13(20)6-10-4-2-1-3-5-10/h7-10,13,20H,1-6H2. The molecule has 0 aliphatic heterocycles. The molecule has 1 unspecified atom stereocenters. The highest BCUT2D eigenvalue weighted by Gasteiger charge is 2.23. The molecule has 108 valence electrons. The van der Waals surface area contributed by atoms with Crippen molar-refractivity contribution in [2.75, 3.05) is 0 Å². The maximum absolute atomic E-state index is 10.6. The lowest BCUT2D eigenvalue weighted by Gasteiger charge is -2.25. The van der Waals surface area contributed by atoms with Gasteiger partial charge in [-0.2, -0.15) is 0 Å². The Balaban J connectivity index is 1.91. The number of aliphatic hydroxyl groups is 1. The molecule has 3 nitrogen and oxygen atoms in total. The Labute approximate surface area is 132 Å². The van der Waals surface area contributed by atoms with Crippen molar-refractivity contribution in [3.63, 3.8) is 0 Å². The summed E-state index contributed by atoms with van der Waals surface area (Å²) in [7, 11) is 0. The van der Waals surface area contributed by atoms with Crippen molar-refractivity contribution in [2.45, 2.75) is 44.6 Å². The number of imidazole rings is 1. The van der Waals surface area contributed by atoms with Crippen molar-refractivity contribution in [3.05, 3.63) is 33.8 Å². The predicted octanol–water partition coefficient (Wildman–Crippen LogP) is 4.75. The maximum atomic E-state index is 10.6. The molecular weight excluding hydrogens is 340 g/mol. The third-order valence-corrected chi connectivity index (χ3v) is 5.48. The van der Waals surface area contributed by atoms with Crippen LogP contribution in [0.4, 0.5) is 0 Å². The normalized spacial score (nSPS) is 18.6. The Morgan fingerprint density at radius 2 is 2.15 bits per heavy atom. The molecule has 0 radical (unpaired) electrons. The highest BCUT2D eigenvalue weighted by molar-refractivity contribution is 9.10. The second-order valence-corrected chi connectivity index (χ2v) is 6.87. The first kappa shape index (κ1) is 14.4. The van der Waals surface area contributed by atoms with Crippen LogP contribution in [0.15, 0.2) is 23.1 Å². The fourth-order valence-corrected chi connectivity index (χ4v) is 3.90. The van der Waals surface area contributed by atoms with Gasteiger partial charge in [-0.1, -0.05) is 43.7 Å². The summed E-state index contributed by atoms with van der Waals surface area (Å²) in [5.74, 6) is 0.604. The Bertz CT molecular complexity index is 607. The first-order valence-electron chi connectivity index (χ1n) is 7.15. The largest absolute Gasteiger partial charge is 0.387 e. The molecule has 3 rings (SSSR count). The van der Waals surface area contributed by atoms with E-state index in [0.717, 1.165) is 22.1 Å². The van der Waals surface area contributed by atoms with Crippen molar-refractivity contribution >= 4 is 33.0 Å². The second kappa shape index (κ2) is 6.04. The molecule has 2 aromatic rings. The molecule has 1 atom stereocenters. The summed E-state index contributed by atoms with van der Waals surface area (Å²) in [6.45, 7) is 0. The summed E-state index contributed by atoms with van der Waals surface area (Å²) in [5.41, 5.74) is 1.69. The van der Waals surface area contributed by atoms with Crippen molar-refractivity contribution < 1.29 is 5.11 Å². The molecule has 0 amide bonds.